The molecule has 0 rings (SSSR count). The molecule has 0 aliphatic heterocycles. The Balaban J connectivity index is 3.26. The van der Waals surface area contributed by atoms with Gasteiger partial charge in [0.25, 0.3) is 0 Å². The number of hydrogen-bond acceptors (Lipinski definition) is 3. The summed E-state index contributed by atoms with van der Waals surface area (Å²) in [5, 5.41) is 10.9. The number of carboxylic acids is 1. The van der Waals surface area contributed by atoms with Crippen molar-refractivity contribution in [3.05, 3.63) is 0 Å². The number of hydrogen-bond donors (Lipinski definition) is 3. The minimum absolute atomic E-state index is 0.0664. The van der Waals surface area contributed by atoms with Gasteiger partial charge in [0.2, 0.25) is 0 Å². The molecule has 0 aromatic rings. The Hall–Kier alpha value is -0.220. The monoisotopic (exact) mass is 149 g/mol. The molecule has 0 saturated carbocycles. The molecule has 0 spiro atoms. The standard InChI is InChI=1S/C5H11NO2S/c1-2-6-4(9)3-5(7)8/h4,6,9H,2-3H2,1H3,(H,7,8). The summed E-state index contributed by atoms with van der Waals surface area (Å²) >= 11 is 3.96. The maximum Gasteiger partial charge on any atom is 0.305 e. The molecule has 54 valence electrons. The van der Waals surface area contributed by atoms with Gasteiger partial charge >= 0.3 is 5.97 Å². The Morgan fingerprint density at radius 3 is 2.78 bits per heavy atom. The highest BCUT2D eigenvalue weighted by molar-refractivity contribution is 7.80. The summed E-state index contributed by atoms with van der Waals surface area (Å²) in [6.07, 6.45) is 0.0664. The van der Waals surface area contributed by atoms with Gasteiger partial charge in [0.1, 0.15) is 0 Å². The summed E-state index contributed by atoms with van der Waals surface area (Å²) in [6, 6.07) is 0. The smallest absolute Gasteiger partial charge is 0.305 e. The first-order valence-corrected chi connectivity index (χ1v) is 3.31. The normalized spacial score (nSPS) is 13.1. The first-order valence-electron chi connectivity index (χ1n) is 2.80. The Morgan fingerprint density at radius 1 is 1.89 bits per heavy atom. The number of carboxylic acid groups (broad SMARTS) is 1. The van der Waals surface area contributed by atoms with Crippen molar-refractivity contribution < 1.29 is 9.90 Å². The van der Waals surface area contributed by atoms with Crippen LogP contribution < -0.4 is 5.32 Å². The van der Waals surface area contributed by atoms with Crippen LogP contribution in [0.25, 0.3) is 0 Å². The van der Waals surface area contributed by atoms with Gasteiger partial charge in [0.05, 0.1) is 11.8 Å². The van der Waals surface area contributed by atoms with Crippen molar-refractivity contribution in [3.63, 3.8) is 0 Å². The van der Waals surface area contributed by atoms with Crippen LogP contribution in [0.1, 0.15) is 13.3 Å². The van der Waals surface area contributed by atoms with Crippen LogP contribution in [0, 0.1) is 0 Å². The summed E-state index contributed by atoms with van der Waals surface area (Å²) in [7, 11) is 0. The first-order chi connectivity index (χ1) is 4.16. The number of rotatable bonds is 4. The topological polar surface area (TPSA) is 49.3 Å². The molecule has 9 heavy (non-hydrogen) atoms. The zero-order chi connectivity index (χ0) is 7.28. The number of carbonyl (C=O) groups is 1. The van der Waals surface area contributed by atoms with Gasteiger partial charge < -0.3 is 10.4 Å². The molecule has 1 atom stereocenters. The summed E-state index contributed by atoms with van der Waals surface area (Å²) in [4.78, 5) is 10.00. The zero-order valence-electron chi connectivity index (χ0n) is 5.29. The SMILES string of the molecule is CCNC(S)CC(=O)O. The lowest BCUT2D eigenvalue weighted by Crippen LogP contribution is -2.25. The molecule has 0 aromatic carbocycles. The molecule has 0 aliphatic rings. The van der Waals surface area contributed by atoms with Crippen LogP contribution in [-0.2, 0) is 4.79 Å². The van der Waals surface area contributed by atoms with Crippen LogP contribution >= 0.6 is 12.6 Å². The summed E-state index contributed by atoms with van der Waals surface area (Å²) in [6.45, 7) is 2.66. The van der Waals surface area contributed by atoms with E-state index in [-0.39, 0.29) is 11.8 Å². The fourth-order valence-electron chi connectivity index (χ4n) is 0.473. The molecule has 0 saturated heterocycles. The molecule has 0 amide bonds. The first kappa shape index (κ1) is 8.78. The van der Waals surface area contributed by atoms with Crippen molar-refractivity contribution in [1.82, 2.24) is 5.32 Å². The average Bonchev–Trinajstić information content (AvgIpc) is 1.63. The van der Waals surface area contributed by atoms with Crippen LogP contribution in [0.3, 0.4) is 0 Å². The Kier molecular flexibility index (Phi) is 4.53. The molecular weight excluding hydrogens is 138 g/mol. The van der Waals surface area contributed by atoms with Gasteiger partial charge in [-0.2, -0.15) is 12.6 Å². The van der Waals surface area contributed by atoms with Gasteiger partial charge in [-0.25, -0.2) is 0 Å². The van der Waals surface area contributed by atoms with E-state index < -0.39 is 5.97 Å². The van der Waals surface area contributed by atoms with E-state index in [0.717, 1.165) is 6.54 Å². The van der Waals surface area contributed by atoms with Crippen molar-refractivity contribution in [2.45, 2.75) is 18.7 Å². The lowest BCUT2D eigenvalue weighted by atomic mass is 10.4. The third-order valence-corrected chi connectivity index (χ3v) is 1.17. The highest BCUT2D eigenvalue weighted by Gasteiger charge is 2.04. The van der Waals surface area contributed by atoms with Gasteiger partial charge in [-0.15, -0.1) is 0 Å². The quantitative estimate of drug-likeness (QED) is 0.399. The summed E-state index contributed by atoms with van der Waals surface area (Å²) in [5.41, 5.74) is 0. The molecule has 0 aliphatic carbocycles. The molecule has 0 aromatic heterocycles. The van der Waals surface area contributed by atoms with Crippen LogP contribution in [0.4, 0.5) is 0 Å². The minimum Gasteiger partial charge on any atom is -0.481 e. The van der Waals surface area contributed by atoms with Crippen LogP contribution in [-0.4, -0.2) is 23.0 Å². The summed E-state index contributed by atoms with van der Waals surface area (Å²) < 4.78 is 0. The van der Waals surface area contributed by atoms with E-state index in [2.05, 4.69) is 17.9 Å². The highest BCUT2D eigenvalue weighted by Crippen LogP contribution is 1.94. The van der Waals surface area contributed by atoms with E-state index in [9.17, 15) is 4.79 Å². The minimum atomic E-state index is -0.823. The number of thiol groups is 1. The molecule has 2 N–H and O–H groups in total. The average molecular weight is 149 g/mol. The molecule has 0 radical (unpaired) electrons. The van der Waals surface area contributed by atoms with Gasteiger partial charge in [0, 0.05) is 0 Å². The Bertz CT molecular complexity index is 97.0. The van der Waals surface area contributed by atoms with E-state index in [4.69, 9.17) is 5.11 Å². The van der Waals surface area contributed by atoms with Crippen LogP contribution in [0.5, 0.6) is 0 Å². The lowest BCUT2D eigenvalue weighted by molar-refractivity contribution is -0.137. The largest absolute Gasteiger partial charge is 0.481 e. The van der Waals surface area contributed by atoms with E-state index in [1.807, 2.05) is 6.92 Å². The predicted molar refractivity (Wildman–Crippen MR) is 38.7 cm³/mol. The van der Waals surface area contributed by atoms with Gasteiger partial charge in [-0.3, -0.25) is 4.79 Å². The van der Waals surface area contributed by atoms with Gasteiger partial charge in [0.15, 0.2) is 0 Å². The van der Waals surface area contributed by atoms with Crippen molar-refractivity contribution in [3.8, 4) is 0 Å². The second-order valence-electron chi connectivity index (χ2n) is 1.67. The molecule has 4 heteroatoms. The Morgan fingerprint density at radius 2 is 2.44 bits per heavy atom. The molecule has 0 heterocycles. The Labute approximate surface area is 59.9 Å². The van der Waals surface area contributed by atoms with E-state index >= 15 is 0 Å². The van der Waals surface area contributed by atoms with E-state index in [1.54, 1.807) is 0 Å². The van der Waals surface area contributed by atoms with Crippen molar-refractivity contribution in [2.75, 3.05) is 6.54 Å². The third-order valence-electron chi connectivity index (χ3n) is 0.808. The fourth-order valence-corrected chi connectivity index (χ4v) is 0.812. The number of aliphatic carboxylic acids is 1. The van der Waals surface area contributed by atoms with Crippen molar-refractivity contribution >= 4 is 18.6 Å². The maximum absolute atomic E-state index is 10.00. The van der Waals surface area contributed by atoms with Gasteiger partial charge in [-0.05, 0) is 6.54 Å². The van der Waals surface area contributed by atoms with Crippen LogP contribution in [0.15, 0.2) is 0 Å². The predicted octanol–water partition coefficient (Wildman–Crippen LogP) is 0.326. The van der Waals surface area contributed by atoms with Crippen molar-refractivity contribution in [2.24, 2.45) is 0 Å². The lowest BCUT2D eigenvalue weighted by Gasteiger charge is -2.06. The molecule has 3 nitrogen and oxygen atoms in total. The zero-order valence-corrected chi connectivity index (χ0v) is 6.19. The number of nitrogens with one attached hydrogen (secondary N) is 1. The molecule has 1 unspecified atom stereocenters. The summed E-state index contributed by atoms with van der Waals surface area (Å²) in [5.74, 6) is -0.823. The molecule has 0 bridgehead atoms. The van der Waals surface area contributed by atoms with Crippen molar-refractivity contribution in [1.29, 1.82) is 0 Å². The maximum atomic E-state index is 10.00. The van der Waals surface area contributed by atoms with E-state index in [0.29, 0.717) is 0 Å². The van der Waals surface area contributed by atoms with Crippen LogP contribution in [0.2, 0.25) is 0 Å². The highest BCUT2D eigenvalue weighted by atomic mass is 32.1. The van der Waals surface area contributed by atoms with Gasteiger partial charge in [-0.1, -0.05) is 6.92 Å². The van der Waals surface area contributed by atoms with E-state index in [1.165, 1.54) is 0 Å². The fraction of sp³-hybridized carbons (Fsp3) is 0.800. The third kappa shape index (κ3) is 5.65. The second-order valence-corrected chi connectivity index (χ2v) is 2.29. The molecule has 0 fully saturated rings. The second kappa shape index (κ2) is 4.64. The molecular formula is C5H11NO2S.